The lowest BCUT2D eigenvalue weighted by molar-refractivity contribution is 0.669. The summed E-state index contributed by atoms with van der Waals surface area (Å²) in [6, 6.07) is 71.9. The van der Waals surface area contributed by atoms with Gasteiger partial charge in [0.1, 0.15) is 22.3 Å². The van der Waals surface area contributed by atoms with Gasteiger partial charge in [0.2, 0.25) is 0 Å². The zero-order valence-electron chi connectivity index (χ0n) is 30.8. The average Bonchev–Trinajstić information content (AvgIpc) is 3.86. The topological polar surface area (TPSA) is 42.4 Å². The predicted molar refractivity (Wildman–Crippen MR) is 235 cm³/mol. The molecular weight excluding hydrogens is 697 g/mol. The summed E-state index contributed by atoms with van der Waals surface area (Å²) in [6.07, 6.45) is 0. The van der Waals surface area contributed by atoms with E-state index in [1.807, 2.05) is 18.2 Å². The van der Waals surface area contributed by atoms with E-state index < -0.39 is 0 Å². The minimum Gasteiger partial charge on any atom is -0.456 e. The number of aromatic nitrogens is 1. The summed E-state index contributed by atoms with van der Waals surface area (Å²) in [6.45, 7) is 0. The summed E-state index contributed by atoms with van der Waals surface area (Å²) in [4.78, 5) is 7.56. The van der Waals surface area contributed by atoms with Crippen molar-refractivity contribution in [3.63, 3.8) is 0 Å². The summed E-state index contributed by atoms with van der Waals surface area (Å²) < 4.78 is 13.0. The van der Waals surface area contributed by atoms with E-state index in [1.165, 1.54) is 0 Å². The van der Waals surface area contributed by atoms with Gasteiger partial charge < -0.3 is 13.7 Å². The molecule has 0 aliphatic rings. The van der Waals surface area contributed by atoms with Gasteiger partial charge >= 0.3 is 0 Å². The van der Waals surface area contributed by atoms with Crippen molar-refractivity contribution in [1.82, 2.24) is 4.98 Å². The van der Waals surface area contributed by atoms with Gasteiger partial charge in [-0.1, -0.05) is 133 Å². The number of anilines is 3. The van der Waals surface area contributed by atoms with Crippen molar-refractivity contribution in [3.8, 4) is 44.8 Å². The van der Waals surface area contributed by atoms with Crippen LogP contribution in [-0.2, 0) is 0 Å². The fourth-order valence-electron chi connectivity index (χ4n) is 8.16. The summed E-state index contributed by atoms with van der Waals surface area (Å²) in [5.74, 6) is 0. The lowest BCUT2D eigenvalue weighted by Crippen LogP contribution is -2.10. The number of pyridine rings is 1. The molecule has 0 fully saturated rings. The first-order valence-electron chi connectivity index (χ1n) is 19.2. The van der Waals surface area contributed by atoms with Crippen LogP contribution in [-0.4, -0.2) is 4.98 Å². The Bertz CT molecular complexity index is 3160. The first-order chi connectivity index (χ1) is 28.2. The highest BCUT2D eigenvalue weighted by atomic mass is 16.3. The smallest absolute Gasteiger partial charge is 0.143 e. The standard InChI is InChI=1S/C53H34N2O2/c1-4-14-35(15-5-1)39-33-46(37-16-6-2-7-17-37)54-47(34-39)38-28-31-50-45(32-38)52-48(23-13-25-51(52)56-50)55(40-18-8-3-9-19-40)41-29-26-36(27-30-41)42-21-12-22-44-43-20-10-11-24-49(43)57-53(42)44/h1-34H. The molecule has 0 unspecified atom stereocenters. The van der Waals surface area contributed by atoms with Gasteiger partial charge in [-0.3, -0.25) is 0 Å². The maximum atomic E-state index is 6.58. The van der Waals surface area contributed by atoms with Crippen LogP contribution in [0.25, 0.3) is 88.6 Å². The lowest BCUT2D eigenvalue weighted by atomic mass is 9.99. The van der Waals surface area contributed by atoms with Crippen molar-refractivity contribution in [2.45, 2.75) is 0 Å². The van der Waals surface area contributed by atoms with Crippen LogP contribution in [0.5, 0.6) is 0 Å². The van der Waals surface area contributed by atoms with Gasteiger partial charge in [0.05, 0.1) is 22.5 Å². The van der Waals surface area contributed by atoms with Crippen LogP contribution in [0, 0.1) is 0 Å². The largest absolute Gasteiger partial charge is 0.456 e. The number of rotatable bonds is 7. The molecule has 4 heteroatoms. The molecule has 4 nitrogen and oxygen atoms in total. The van der Waals surface area contributed by atoms with Gasteiger partial charge in [-0.2, -0.15) is 0 Å². The van der Waals surface area contributed by atoms with E-state index in [4.69, 9.17) is 13.8 Å². The number of furan rings is 2. The second kappa shape index (κ2) is 13.6. The van der Waals surface area contributed by atoms with Crippen LogP contribution < -0.4 is 4.90 Å². The summed E-state index contributed by atoms with van der Waals surface area (Å²) in [7, 11) is 0. The Morgan fingerprint density at radius 1 is 0.351 bits per heavy atom. The van der Waals surface area contributed by atoms with Gasteiger partial charge in [-0.05, 0) is 89.5 Å². The Morgan fingerprint density at radius 3 is 1.74 bits per heavy atom. The molecule has 0 radical (unpaired) electrons. The van der Waals surface area contributed by atoms with E-state index >= 15 is 0 Å². The molecule has 268 valence electrons. The molecule has 0 amide bonds. The SMILES string of the molecule is c1ccc(-c2cc(-c3ccccc3)nc(-c3ccc4oc5cccc(N(c6ccccc6)c6ccc(-c7cccc8c7oc7ccccc78)cc6)c5c4c3)c2)cc1. The van der Waals surface area contributed by atoms with Gasteiger partial charge in [-0.15, -0.1) is 0 Å². The quantitative estimate of drug-likeness (QED) is 0.164. The van der Waals surface area contributed by atoms with Crippen molar-refractivity contribution < 1.29 is 8.83 Å². The first-order valence-corrected chi connectivity index (χ1v) is 19.2. The fourth-order valence-corrected chi connectivity index (χ4v) is 8.16. The van der Waals surface area contributed by atoms with Crippen molar-refractivity contribution in [3.05, 3.63) is 206 Å². The fraction of sp³-hybridized carbons (Fsp3) is 0. The van der Waals surface area contributed by atoms with Gasteiger partial charge in [0.25, 0.3) is 0 Å². The van der Waals surface area contributed by atoms with Crippen LogP contribution in [0.15, 0.2) is 215 Å². The molecule has 11 rings (SSSR count). The second-order valence-corrected chi connectivity index (χ2v) is 14.3. The van der Waals surface area contributed by atoms with E-state index in [0.717, 1.165) is 106 Å². The lowest BCUT2D eigenvalue weighted by Gasteiger charge is -2.26. The van der Waals surface area contributed by atoms with E-state index in [0.29, 0.717) is 0 Å². The molecular formula is C53H34N2O2. The zero-order valence-corrected chi connectivity index (χ0v) is 30.8. The van der Waals surface area contributed by atoms with E-state index in [9.17, 15) is 0 Å². The molecule has 3 heterocycles. The Balaban J connectivity index is 1.06. The van der Waals surface area contributed by atoms with Crippen LogP contribution in [0.1, 0.15) is 0 Å². The van der Waals surface area contributed by atoms with Crippen LogP contribution in [0.4, 0.5) is 17.1 Å². The number of benzene rings is 8. The third-order valence-corrected chi connectivity index (χ3v) is 10.9. The Kier molecular flexibility index (Phi) is 7.78. The normalized spacial score (nSPS) is 11.5. The number of nitrogens with zero attached hydrogens (tertiary/aromatic N) is 2. The Morgan fingerprint density at radius 2 is 0.947 bits per heavy atom. The Hall–Kier alpha value is -7.69. The molecule has 0 bridgehead atoms. The first kappa shape index (κ1) is 32.7. The van der Waals surface area contributed by atoms with Gasteiger partial charge in [0, 0.05) is 44.2 Å². The highest BCUT2D eigenvalue weighted by molar-refractivity contribution is 6.14. The van der Waals surface area contributed by atoms with Crippen LogP contribution in [0.2, 0.25) is 0 Å². The molecule has 0 N–H and O–H groups in total. The van der Waals surface area contributed by atoms with Crippen molar-refractivity contribution in [2.75, 3.05) is 4.90 Å². The molecule has 0 atom stereocenters. The molecule has 11 aromatic rings. The van der Waals surface area contributed by atoms with Crippen molar-refractivity contribution in [1.29, 1.82) is 0 Å². The Labute approximate surface area is 329 Å². The average molecular weight is 731 g/mol. The van der Waals surface area contributed by atoms with E-state index in [2.05, 4.69) is 193 Å². The summed E-state index contributed by atoms with van der Waals surface area (Å²) >= 11 is 0. The second-order valence-electron chi connectivity index (χ2n) is 14.3. The minimum absolute atomic E-state index is 0.824. The van der Waals surface area contributed by atoms with Crippen molar-refractivity contribution >= 4 is 60.9 Å². The molecule has 0 saturated heterocycles. The van der Waals surface area contributed by atoms with Crippen molar-refractivity contribution in [2.24, 2.45) is 0 Å². The maximum absolute atomic E-state index is 6.58. The molecule has 0 aliphatic heterocycles. The molecule has 3 aromatic heterocycles. The van der Waals surface area contributed by atoms with Gasteiger partial charge in [0.15, 0.2) is 0 Å². The summed E-state index contributed by atoms with van der Waals surface area (Å²) in [5.41, 5.74) is 14.9. The molecule has 57 heavy (non-hydrogen) atoms. The van der Waals surface area contributed by atoms with Gasteiger partial charge in [-0.25, -0.2) is 4.98 Å². The predicted octanol–water partition coefficient (Wildman–Crippen LogP) is 15.0. The highest BCUT2D eigenvalue weighted by Gasteiger charge is 2.21. The zero-order chi connectivity index (χ0) is 37.7. The van der Waals surface area contributed by atoms with E-state index in [1.54, 1.807) is 0 Å². The van der Waals surface area contributed by atoms with Crippen LogP contribution in [0.3, 0.4) is 0 Å². The van der Waals surface area contributed by atoms with E-state index in [-0.39, 0.29) is 0 Å². The third kappa shape index (κ3) is 5.74. The summed E-state index contributed by atoms with van der Waals surface area (Å²) in [5, 5.41) is 4.31. The minimum atomic E-state index is 0.824. The van der Waals surface area contributed by atoms with Crippen LogP contribution >= 0.6 is 0 Å². The number of hydrogen-bond donors (Lipinski definition) is 0. The monoisotopic (exact) mass is 730 g/mol. The molecule has 0 saturated carbocycles. The maximum Gasteiger partial charge on any atom is 0.143 e. The number of para-hydroxylation sites is 3. The molecule has 0 spiro atoms. The molecule has 8 aromatic carbocycles. The molecule has 0 aliphatic carbocycles. The number of hydrogen-bond acceptors (Lipinski definition) is 4. The third-order valence-electron chi connectivity index (χ3n) is 10.9. The number of fused-ring (bicyclic) bond motifs is 6. The highest BCUT2D eigenvalue weighted by Crippen LogP contribution is 2.45.